The number of hydrogen-bond donors (Lipinski definition) is 4. The van der Waals surface area contributed by atoms with Crippen molar-refractivity contribution in [1.82, 2.24) is 25.6 Å². The number of carbonyl (C=O) groups is 1. The number of benzene rings is 2. The summed E-state index contributed by atoms with van der Waals surface area (Å²) in [6.07, 6.45) is 0.493. The molecule has 0 bridgehead atoms. The van der Waals surface area contributed by atoms with Crippen LogP contribution in [-0.4, -0.2) is 35.0 Å². The molecule has 0 unspecified atom stereocenters. The van der Waals surface area contributed by atoms with Gasteiger partial charge in [0.05, 0.1) is 16.3 Å². The van der Waals surface area contributed by atoms with Gasteiger partial charge in [0.25, 0.3) is 10.0 Å². The monoisotopic (exact) mass is 391 g/mol. The lowest BCUT2D eigenvalue weighted by atomic mass is 10.3. The quantitative estimate of drug-likeness (QED) is 0.270. The molecule has 0 fully saturated rings. The van der Waals surface area contributed by atoms with E-state index in [4.69, 9.17) is 12.2 Å². The van der Waals surface area contributed by atoms with Crippen molar-refractivity contribution in [3.8, 4) is 5.69 Å². The van der Waals surface area contributed by atoms with Crippen LogP contribution in [0.5, 0.6) is 0 Å². The Morgan fingerprint density at radius 3 is 2.27 bits per heavy atom. The molecular formula is C14H13N7O3S2. The Kier molecular flexibility index (Phi) is 4.95. The van der Waals surface area contributed by atoms with Gasteiger partial charge < -0.3 is 0 Å². The van der Waals surface area contributed by atoms with E-state index in [9.17, 15) is 13.2 Å². The minimum Gasteiger partial charge on any atom is -0.299 e. The molecule has 0 aliphatic rings. The van der Waals surface area contributed by atoms with E-state index in [2.05, 4.69) is 31.1 Å². The molecule has 26 heavy (non-hydrogen) atoms. The zero-order chi connectivity index (χ0) is 18.6. The fourth-order valence-corrected chi connectivity index (χ4v) is 3.33. The summed E-state index contributed by atoms with van der Waals surface area (Å²) >= 11 is 5.00. The topological polar surface area (TPSA) is 134 Å². The van der Waals surface area contributed by atoms with Crippen LogP contribution in [0.4, 0.5) is 11.4 Å². The third-order valence-corrected chi connectivity index (χ3v) is 4.95. The molecule has 0 saturated carbocycles. The smallest absolute Gasteiger partial charge is 0.261 e. The highest BCUT2D eigenvalue weighted by Gasteiger charge is 2.14. The van der Waals surface area contributed by atoms with Gasteiger partial charge in [-0.2, -0.15) is 5.21 Å². The number of nitrogens with one attached hydrogen (secondary N) is 4. The highest BCUT2D eigenvalue weighted by atomic mass is 32.2. The number of tetrazole rings is 1. The standard InChI is InChI=1S/C14H13N7O3S2/c22-9-15-16-10-1-3-11(4-2-10)18-26(23,24)13-7-5-12(6-8-13)21-14(25)17-19-20-21/h1-9,16,18H,(H,15,22)(H,17,20,25). The van der Waals surface area contributed by atoms with Gasteiger partial charge in [-0.05, 0) is 60.7 Å². The SMILES string of the molecule is O=CNNc1ccc(NS(=O)(=O)c2ccc(-n3[nH]nnc3=S)cc2)cc1. The Morgan fingerprint density at radius 2 is 1.69 bits per heavy atom. The number of carbonyl (C=O) groups excluding carboxylic acids is 1. The second-order valence-corrected chi connectivity index (χ2v) is 7.03. The van der Waals surface area contributed by atoms with Crippen molar-refractivity contribution in [2.75, 3.05) is 10.1 Å². The van der Waals surface area contributed by atoms with Crippen molar-refractivity contribution in [2.45, 2.75) is 4.90 Å². The average molecular weight is 391 g/mol. The van der Waals surface area contributed by atoms with E-state index in [1.807, 2.05) is 0 Å². The van der Waals surface area contributed by atoms with E-state index >= 15 is 0 Å². The largest absolute Gasteiger partial charge is 0.299 e. The predicted molar refractivity (Wildman–Crippen MR) is 96.6 cm³/mol. The molecule has 2 aromatic carbocycles. The number of sulfonamides is 1. The zero-order valence-electron chi connectivity index (χ0n) is 13.1. The molecule has 1 amide bonds. The molecule has 0 atom stereocenters. The number of rotatable bonds is 7. The molecule has 134 valence electrons. The van der Waals surface area contributed by atoms with Crippen LogP contribution < -0.4 is 15.6 Å². The molecule has 1 heterocycles. The maximum absolute atomic E-state index is 12.5. The van der Waals surface area contributed by atoms with Crippen LogP contribution in [0.3, 0.4) is 0 Å². The van der Waals surface area contributed by atoms with Crippen molar-refractivity contribution in [1.29, 1.82) is 0 Å². The van der Waals surface area contributed by atoms with Crippen LogP contribution in [0, 0.1) is 4.77 Å². The first-order valence-corrected chi connectivity index (χ1v) is 9.07. The molecule has 4 N–H and O–H groups in total. The average Bonchev–Trinajstić information content (AvgIpc) is 3.07. The van der Waals surface area contributed by atoms with E-state index in [-0.39, 0.29) is 9.67 Å². The van der Waals surface area contributed by atoms with Crippen LogP contribution in [-0.2, 0) is 14.8 Å². The van der Waals surface area contributed by atoms with Gasteiger partial charge in [0.1, 0.15) is 0 Å². The Labute approximate surface area is 153 Å². The molecule has 0 aliphatic carbocycles. The van der Waals surface area contributed by atoms with Gasteiger partial charge >= 0.3 is 0 Å². The summed E-state index contributed by atoms with van der Waals surface area (Å²) in [4.78, 5) is 10.3. The maximum atomic E-state index is 12.5. The number of aromatic amines is 1. The van der Waals surface area contributed by atoms with Gasteiger partial charge in [0.15, 0.2) is 0 Å². The summed E-state index contributed by atoms with van der Waals surface area (Å²) in [7, 11) is -3.76. The lowest BCUT2D eigenvalue weighted by Crippen LogP contribution is -2.18. The van der Waals surface area contributed by atoms with E-state index in [1.54, 1.807) is 36.4 Å². The van der Waals surface area contributed by atoms with Crippen molar-refractivity contribution >= 4 is 40.0 Å². The maximum Gasteiger partial charge on any atom is 0.261 e. The number of anilines is 2. The third kappa shape index (κ3) is 3.87. The van der Waals surface area contributed by atoms with Crippen molar-refractivity contribution in [2.24, 2.45) is 0 Å². The Balaban J connectivity index is 1.76. The second-order valence-electron chi connectivity index (χ2n) is 4.98. The summed E-state index contributed by atoms with van der Waals surface area (Å²) in [5, 5.41) is 9.83. The van der Waals surface area contributed by atoms with E-state index in [1.165, 1.54) is 16.8 Å². The minimum absolute atomic E-state index is 0.0880. The summed E-state index contributed by atoms with van der Waals surface area (Å²) < 4.78 is 29.1. The second kappa shape index (κ2) is 7.33. The fraction of sp³-hybridized carbons (Fsp3) is 0. The molecule has 3 rings (SSSR count). The molecule has 0 radical (unpaired) electrons. The highest BCUT2D eigenvalue weighted by Crippen LogP contribution is 2.19. The summed E-state index contributed by atoms with van der Waals surface area (Å²) in [5.74, 6) is 0. The van der Waals surface area contributed by atoms with Crippen LogP contribution in [0.2, 0.25) is 0 Å². The predicted octanol–water partition coefficient (Wildman–Crippen LogP) is 1.20. The number of aromatic nitrogens is 4. The van der Waals surface area contributed by atoms with Gasteiger partial charge in [-0.25, -0.2) is 13.1 Å². The number of H-pyrrole nitrogens is 1. The van der Waals surface area contributed by atoms with Crippen LogP contribution in [0.15, 0.2) is 53.4 Å². The third-order valence-electron chi connectivity index (χ3n) is 3.29. The molecule has 10 nitrogen and oxygen atoms in total. The van der Waals surface area contributed by atoms with Crippen molar-refractivity contribution in [3.63, 3.8) is 0 Å². The molecule has 0 spiro atoms. The fourth-order valence-electron chi connectivity index (χ4n) is 2.09. The number of hydrazine groups is 1. The first kappa shape index (κ1) is 17.6. The number of amides is 1. The lowest BCUT2D eigenvalue weighted by molar-refractivity contribution is -0.109. The Bertz CT molecular complexity index is 1060. The Hall–Kier alpha value is -3.25. The van der Waals surface area contributed by atoms with E-state index in [0.717, 1.165) is 0 Å². The summed E-state index contributed by atoms with van der Waals surface area (Å²) in [6.45, 7) is 0. The van der Waals surface area contributed by atoms with Crippen LogP contribution >= 0.6 is 12.2 Å². The summed E-state index contributed by atoms with van der Waals surface area (Å²) in [6, 6.07) is 12.4. The molecule has 0 aliphatic heterocycles. The van der Waals surface area contributed by atoms with Gasteiger partial charge in [0.2, 0.25) is 11.2 Å². The molecule has 12 heteroatoms. The molecule has 3 aromatic rings. The molecule has 1 aromatic heterocycles. The number of hydrogen-bond acceptors (Lipinski definition) is 7. The van der Waals surface area contributed by atoms with Crippen molar-refractivity contribution in [3.05, 3.63) is 53.3 Å². The first-order chi connectivity index (χ1) is 12.5. The number of nitrogens with zero attached hydrogens (tertiary/aromatic N) is 3. The Morgan fingerprint density at radius 1 is 1.04 bits per heavy atom. The van der Waals surface area contributed by atoms with Gasteiger partial charge in [-0.1, -0.05) is 10.3 Å². The van der Waals surface area contributed by atoms with Crippen LogP contribution in [0.1, 0.15) is 0 Å². The molecular weight excluding hydrogens is 378 g/mol. The van der Waals surface area contributed by atoms with Gasteiger partial charge in [-0.3, -0.25) is 20.4 Å². The normalized spacial score (nSPS) is 10.9. The van der Waals surface area contributed by atoms with Crippen molar-refractivity contribution < 1.29 is 13.2 Å². The van der Waals surface area contributed by atoms with Gasteiger partial charge in [0, 0.05) is 5.69 Å². The summed E-state index contributed by atoms with van der Waals surface area (Å²) in [5.41, 5.74) is 6.50. The van der Waals surface area contributed by atoms with Crippen LogP contribution in [0.25, 0.3) is 5.69 Å². The lowest BCUT2D eigenvalue weighted by Gasteiger charge is -2.10. The van der Waals surface area contributed by atoms with E-state index in [0.29, 0.717) is 23.5 Å². The first-order valence-electron chi connectivity index (χ1n) is 7.18. The van der Waals surface area contributed by atoms with Gasteiger partial charge in [-0.15, -0.1) is 0 Å². The molecule has 0 saturated heterocycles. The van der Waals surface area contributed by atoms with E-state index < -0.39 is 10.0 Å². The minimum atomic E-state index is -3.76. The zero-order valence-corrected chi connectivity index (χ0v) is 14.7. The highest BCUT2D eigenvalue weighted by molar-refractivity contribution is 7.92.